The summed E-state index contributed by atoms with van der Waals surface area (Å²) in [6.45, 7) is 2.65. The van der Waals surface area contributed by atoms with Gasteiger partial charge < -0.3 is 4.74 Å². The van der Waals surface area contributed by atoms with Crippen LogP contribution in [-0.2, 0) is 6.42 Å². The molecule has 2 aromatic heterocycles. The van der Waals surface area contributed by atoms with Crippen LogP contribution in [0.3, 0.4) is 0 Å². The molecule has 3 aromatic rings. The average Bonchev–Trinajstić information content (AvgIpc) is 3.53. The van der Waals surface area contributed by atoms with E-state index < -0.39 is 0 Å². The molecule has 0 amide bonds. The summed E-state index contributed by atoms with van der Waals surface area (Å²) in [6, 6.07) is 13.8. The summed E-state index contributed by atoms with van der Waals surface area (Å²) < 4.78 is 5.79. The van der Waals surface area contributed by atoms with E-state index >= 15 is 0 Å². The van der Waals surface area contributed by atoms with Crippen molar-refractivity contribution >= 4 is 0 Å². The first-order valence-corrected chi connectivity index (χ1v) is 9.12. The van der Waals surface area contributed by atoms with Crippen molar-refractivity contribution in [2.24, 2.45) is 5.92 Å². The molecule has 1 fully saturated rings. The minimum atomic E-state index is 0.538. The second-order valence-corrected chi connectivity index (χ2v) is 6.92. The molecule has 1 saturated carbocycles. The van der Waals surface area contributed by atoms with Gasteiger partial charge >= 0.3 is 0 Å². The lowest BCUT2D eigenvalue weighted by atomic mass is 10.1. The SMILES string of the molecule is Cc1ccc(Cc2nccc(-c3ccc(OCC4CC4)c(C#N)c3)n2)cn1. The number of hydrogen-bond acceptors (Lipinski definition) is 5. The largest absolute Gasteiger partial charge is 0.492 e. The third-order valence-electron chi connectivity index (χ3n) is 4.61. The second-order valence-electron chi connectivity index (χ2n) is 6.92. The van der Waals surface area contributed by atoms with Crippen LogP contribution in [-0.4, -0.2) is 21.6 Å². The number of aryl methyl sites for hydroxylation is 1. The molecular formula is C22H20N4O. The predicted octanol–water partition coefficient (Wildman–Crippen LogP) is 4.10. The van der Waals surface area contributed by atoms with Crippen LogP contribution in [0, 0.1) is 24.2 Å². The molecule has 1 aliphatic rings. The number of nitriles is 1. The molecule has 0 aliphatic heterocycles. The van der Waals surface area contributed by atoms with E-state index in [4.69, 9.17) is 4.74 Å². The van der Waals surface area contributed by atoms with Gasteiger partial charge in [-0.05, 0) is 61.6 Å². The van der Waals surface area contributed by atoms with Crippen molar-refractivity contribution < 1.29 is 4.74 Å². The molecule has 5 heteroatoms. The van der Waals surface area contributed by atoms with E-state index in [1.165, 1.54) is 12.8 Å². The number of ether oxygens (including phenoxy) is 1. The molecule has 0 bridgehead atoms. The molecular weight excluding hydrogens is 336 g/mol. The highest BCUT2D eigenvalue weighted by molar-refractivity contribution is 5.64. The number of nitrogens with zero attached hydrogens (tertiary/aromatic N) is 4. The Bertz CT molecular complexity index is 988. The lowest BCUT2D eigenvalue weighted by Gasteiger charge is -2.09. The molecule has 0 radical (unpaired) electrons. The molecule has 0 spiro atoms. The Balaban J connectivity index is 1.55. The van der Waals surface area contributed by atoms with E-state index in [9.17, 15) is 5.26 Å². The van der Waals surface area contributed by atoms with Gasteiger partial charge in [0.2, 0.25) is 0 Å². The van der Waals surface area contributed by atoms with Gasteiger partial charge in [-0.3, -0.25) is 4.98 Å². The van der Waals surface area contributed by atoms with Crippen LogP contribution in [0.4, 0.5) is 0 Å². The summed E-state index contributed by atoms with van der Waals surface area (Å²) in [4.78, 5) is 13.3. The Morgan fingerprint density at radius 2 is 2.04 bits per heavy atom. The van der Waals surface area contributed by atoms with Crippen LogP contribution in [0.15, 0.2) is 48.8 Å². The summed E-state index contributed by atoms with van der Waals surface area (Å²) in [5, 5.41) is 9.47. The van der Waals surface area contributed by atoms with Gasteiger partial charge in [0, 0.05) is 30.1 Å². The molecule has 0 N–H and O–H groups in total. The van der Waals surface area contributed by atoms with Gasteiger partial charge in [0.15, 0.2) is 0 Å². The molecule has 27 heavy (non-hydrogen) atoms. The fourth-order valence-corrected chi connectivity index (χ4v) is 2.83. The fourth-order valence-electron chi connectivity index (χ4n) is 2.83. The Hall–Kier alpha value is -3.26. The molecule has 5 nitrogen and oxygen atoms in total. The zero-order valence-corrected chi connectivity index (χ0v) is 15.2. The lowest BCUT2D eigenvalue weighted by molar-refractivity contribution is 0.299. The first kappa shape index (κ1) is 17.2. The van der Waals surface area contributed by atoms with E-state index in [2.05, 4.69) is 21.0 Å². The Morgan fingerprint density at radius 3 is 2.78 bits per heavy atom. The Kier molecular flexibility index (Phi) is 4.80. The van der Waals surface area contributed by atoms with Crippen LogP contribution < -0.4 is 4.74 Å². The Labute approximate surface area is 158 Å². The van der Waals surface area contributed by atoms with Gasteiger partial charge in [-0.25, -0.2) is 9.97 Å². The lowest BCUT2D eigenvalue weighted by Crippen LogP contribution is -2.01. The zero-order valence-electron chi connectivity index (χ0n) is 15.2. The van der Waals surface area contributed by atoms with E-state index in [1.807, 2.05) is 49.5 Å². The van der Waals surface area contributed by atoms with Gasteiger partial charge in [0.1, 0.15) is 17.6 Å². The fraction of sp³-hybridized carbons (Fsp3) is 0.273. The topological polar surface area (TPSA) is 71.7 Å². The van der Waals surface area contributed by atoms with E-state index in [1.54, 1.807) is 6.20 Å². The maximum Gasteiger partial charge on any atom is 0.137 e. The van der Waals surface area contributed by atoms with Crippen LogP contribution in [0.1, 0.15) is 35.5 Å². The van der Waals surface area contributed by atoms with Crippen LogP contribution in [0.25, 0.3) is 11.3 Å². The number of hydrogen-bond donors (Lipinski definition) is 0. The summed E-state index contributed by atoms with van der Waals surface area (Å²) in [5.41, 5.74) is 4.28. The van der Waals surface area contributed by atoms with Gasteiger partial charge in [-0.1, -0.05) is 6.07 Å². The molecule has 1 aromatic carbocycles. The summed E-state index contributed by atoms with van der Waals surface area (Å²) in [7, 11) is 0. The van der Waals surface area contributed by atoms with Gasteiger partial charge in [0.25, 0.3) is 0 Å². The number of aromatic nitrogens is 3. The minimum absolute atomic E-state index is 0.538. The quantitative estimate of drug-likeness (QED) is 0.665. The highest BCUT2D eigenvalue weighted by atomic mass is 16.5. The van der Waals surface area contributed by atoms with Crippen molar-refractivity contribution in [1.29, 1.82) is 5.26 Å². The van der Waals surface area contributed by atoms with Crippen molar-refractivity contribution in [1.82, 2.24) is 15.0 Å². The summed E-state index contributed by atoms with van der Waals surface area (Å²) in [6.07, 6.45) is 6.67. The van der Waals surface area contributed by atoms with Crippen LogP contribution in [0.5, 0.6) is 5.75 Å². The molecule has 0 atom stereocenters. The highest BCUT2D eigenvalue weighted by Gasteiger charge is 2.22. The number of pyridine rings is 1. The average molecular weight is 356 g/mol. The Morgan fingerprint density at radius 1 is 1.15 bits per heavy atom. The molecule has 4 rings (SSSR count). The van der Waals surface area contributed by atoms with Gasteiger partial charge in [-0.2, -0.15) is 5.26 Å². The number of rotatable bonds is 6. The van der Waals surface area contributed by atoms with Gasteiger partial charge in [-0.15, -0.1) is 0 Å². The predicted molar refractivity (Wildman–Crippen MR) is 102 cm³/mol. The summed E-state index contributed by atoms with van der Waals surface area (Å²) >= 11 is 0. The van der Waals surface area contributed by atoms with E-state index in [-0.39, 0.29) is 0 Å². The number of benzene rings is 1. The normalized spacial score (nSPS) is 13.2. The van der Waals surface area contributed by atoms with Crippen molar-refractivity contribution in [3.8, 4) is 23.1 Å². The standard InChI is InChI=1S/C22H20N4O/c1-15-2-3-17(13-25-15)10-22-24-9-8-20(26-22)18-6-7-21(19(11-18)12-23)27-14-16-4-5-16/h2-3,6-9,11,13,16H,4-5,10,14H2,1H3. The van der Waals surface area contributed by atoms with Crippen molar-refractivity contribution in [2.75, 3.05) is 6.61 Å². The molecule has 2 heterocycles. The second kappa shape index (κ2) is 7.55. The summed E-state index contributed by atoms with van der Waals surface area (Å²) in [5.74, 6) is 2.02. The van der Waals surface area contributed by atoms with Crippen molar-refractivity contribution in [3.63, 3.8) is 0 Å². The molecule has 0 saturated heterocycles. The first-order chi connectivity index (χ1) is 13.2. The van der Waals surface area contributed by atoms with Crippen LogP contribution in [0.2, 0.25) is 0 Å². The molecule has 0 unspecified atom stereocenters. The van der Waals surface area contributed by atoms with Gasteiger partial charge in [0.05, 0.1) is 17.9 Å². The highest BCUT2D eigenvalue weighted by Crippen LogP contribution is 2.31. The molecule has 134 valence electrons. The van der Waals surface area contributed by atoms with Crippen molar-refractivity contribution in [2.45, 2.75) is 26.2 Å². The van der Waals surface area contributed by atoms with Crippen LogP contribution >= 0.6 is 0 Å². The third kappa shape index (κ3) is 4.29. The minimum Gasteiger partial charge on any atom is -0.492 e. The van der Waals surface area contributed by atoms with Crippen molar-refractivity contribution in [3.05, 3.63) is 71.4 Å². The molecule has 1 aliphatic carbocycles. The third-order valence-corrected chi connectivity index (χ3v) is 4.61. The monoisotopic (exact) mass is 356 g/mol. The zero-order chi connectivity index (χ0) is 18.6. The first-order valence-electron chi connectivity index (χ1n) is 9.12. The smallest absolute Gasteiger partial charge is 0.137 e. The maximum atomic E-state index is 9.47. The van der Waals surface area contributed by atoms with E-state index in [0.29, 0.717) is 30.3 Å². The maximum absolute atomic E-state index is 9.47. The van der Waals surface area contributed by atoms with E-state index in [0.717, 1.165) is 28.3 Å².